The Hall–Kier alpha value is -1.00. The van der Waals surface area contributed by atoms with Crippen LogP contribution < -0.4 is 0 Å². The molecule has 0 bridgehead atoms. The van der Waals surface area contributed by atoms with Crippen molar-refractivity contribution in [2.24, 2.45) is 0 Å². The molecule has 0 amide bonds. The molecule has 0 heterocycles. The van der Waals surface area contributed by atoms with Gasteiger partial charge in [0, 0.05) is 19.6 Å². The fourth-order valence-corrected chi connectivity index (χ4v) is 1.29. The number of ether oxygens (including phenoxy) is 1. The molecule has 1 N–H and O–H groups in total. The van der Waals surface area contributed by atoms with Gasteiger partial charge in [-0.1, -0.05) is 0 Å². The normalized spacial score (nSPS) is 15.0. The van der Waals surface area contributed by atoms with Crippen molar-refractivity contribution in [2.75, 3.05) is 7.11 Å². The van der Waals surface area contributed by atoms with Crippen molar-refractivity contribution >= 4 is 0 Å². The molecule has 0 fully saturated rings. The number of methoxy groups -OCH3 is 1. The predicted octanol–water partition coefficient (Wildman–Crippen LogP) is 1.90. The smallest absolute Gasteiger partial charge is 0.126 e. The molecule has 1 aromatic rings. The third-order valence-corrected chi connectivity index (χ3v) is 2.28. The summed E-state index contributed by atoms with van der Waals surface area (Å²) in [5, 5.41) is 9.58. The van der Waals surface area contributed by atoms with E-state index >= 15 is 0 Å². The molecule has 84 valence electrons. The Morgan fingerprint density at radius 2 is 1.80 bits per heavy atom. The minimum absolute atomic E-state index is 0.170. The lowest BCUT2D eigenvalue weighted by molar-refractivity contribution is 0.000353. The van der Waals surface area contributed by atoms with Gasteiger partial charge in [0.25, 0.3) is 0 Å². The summed E-state index contributed by atoms with van der Waals surface area (Å²) in [7, 11) is 1.47. The van der Waals surface area contributed by atoms with Crippen LogP contribution in [0.1, 0.15) is 12.5 Å². The Labute approximate surface area is 87.5 Å². The molecule has 0 spiro atoms. The second kappa shape index (κ2) is 5.19. The first-order chi connectivity index (χ1) is 7.02. The second-order valence-electron chi connectivity index (χ2n) is 3.49. The van der Waals surface area contributed by atoms with Crippen LogP contribution in [0.3, 0.4) is 0 Å². The molecule has 4 heteroatoms. The lowest BCUT2D eigenvalue weighted by Crippen LogP contribution is -2.26. The number of hydrogen-bond acceptors (Lipinski definition) is 2. The van der Waals surface area contributed by atoms with E-state index in [0.29, 0.717) is 5.56 Å². The van der Waals surface area contributed by atoms with Crippen molar-refractivity contribution in [3.8, 4) is 0 Å². The average Bonchev–Trinajstić information content (AvgIpc) is 2.14. The molecule has 0 aliphatic carbocycles. The zero-order valence-electron chi connectivity index (χ0n) is 8.71. The van der Waals surface area contributed by atoms with Crippen molar-refractivity contribution in [3.63, 3.8) is 0 Å². The van der Waals surface area contributed by atoms with E-state index in [2.05, 4.69) is 0 Å². The van der Waals surface area contributed by atoms with Gasteiger partial charge >= 0.3 is 0 Å². The zero-order valence-corrected chi connectivity index (χ0v) is 8.71. The van der Waals surface area contributed by atoms with Crippen molar-refractivity contribution in [1.29, 1.82) is 0 Å². The van der Waals surface area contributed by atoms with Gasteiger partial charge in [-0.25, -0.2) is 8.78 Å². The van der Waals surface area contributed by atoms with Gasteiger partial charge in [0.15, 0.2) is 0 Å². The van der Waals surface area contributed by atoms with Gasteiger partial charge in [0.2, 0.25) is 0 Å². The van der Waals surface area contributed by atoms with Crippen molar-refractivity contribution in [1.82, 2.24) is 0 Å². The molecule has 1 rings (SSSR count). The van der Waals surface area contributed by atoms with Crippen LogP contribution in [0, 0.1) is 11.6 Å². The van der Waals surface area contributed by atoms with Gasteiger partial charge in [-0.15, -0.1) is 0 Å². The van der Waals surface area contributed by atoms with E-state index < -0.39 is 17.7 Å². The molecule has 0 aliphatic heterocycles. The summed E-state index contributed by atoms with van der Waals surface area (Å²) in [6, 6.07) is 3.21. The van der Waals surface area contributed by atoms with Crippen LogP contribution in [0.2, 0.25) is 0 Å². The third kappa shape index (κ3) is 3.57. The average molecular weight is 216 g/mol. The summed E-state index contributed by atoms with van der Waals surface area (Å²) in [6.07, 6.45) is -0.962. The topological polar surface area (TPSA) is 29.5 Å². The van der Waals surface area contributed by atoms with Crippen LogP contribution in [0.5, 0.6) is 0 Å². The Kier molecular flexibility index (Phi) is 4.17. The lowest BCUT2D eigenvalue weighted by atomic mass is 10.0. The quantitative estimate of drug-likeness (QED) is 0.833. The molecule has 1 aromatic carbocycles. The fraction of sp³-hybridized carbons (Fsp3) is 0.455. The molecule has 0 radical (unpaired) electrons. The Balaban J connectivity index is 2.72. The predicted molar refractivity (Wildman–Crippen MR) is 52.5 cm³/mol. The number of halogens is 2. The third-order valence-electron chi connectivity index (χ3n) is 2.28. The molecule has 0 saturated carbocycles. The van der Waals surface area contributed by atoms with Gasteiger partial charge in [-0.05, 0) is 24.6 Å². The first kappa shape index (κ1) is 12.1. The highest BCUT2D eigenvalue weighted by molar-refractivity contribution is 5.18. The number of rotatable bonds is 4. The molecular formula is C11H14F2O2. The van der Waals surface area contributed by atoms with E-state index in [1.54, 1.807) is 6.92 Å². The van der Waals surface area contributed by atoms with E-state index in [0.717, 1.165) is 6.07 Å². The minimum atomic E-state index is -0.767. The molecule has 15 heavy (non-hydrogen) atoms. The number of benzene rings is 1. The summed E-state index contributed by atoms with van der Waals surface area (Å²) >= 11 is 0. The number of hydrogen-bond donors (Lipinski definition) is 1. The van der Waals surface area contributed by atoms with Crippen molar-refractivity contribution in [3.05, 3.63) is 35.4 Å². The molecule has 0 saturated heterocycles. The van der Waals surface area contributed by atoms with Crippen LogP contribution >= 0.6 is 0 Å². The fourth-order valence-electron chi connectivity index (χ4n) is 1.29. The van der Waals surface area contributed by atoms with Gasteiger partial charge in [0.1, 0.15) is 11.6 Å². The van der Waals surface area contributed by atoms with Crippen molar-refractivity contribution < 1.29 is 18.6 Å². The Morgan fingerprint density at radius 1 is 1.27 bits per heavy atom. The second-order valence-corrected chi connectivity index (χ2v) is 3.49. The monoisotopic (exact) mass is 216 g/mol. The highest BCUT2D eigenvalue weighted by Gasteiger charge is 2.14. The van der Waals surface area contributed by atoms with Crippen LogP contribution in [0.25, 0.3) is 0 Å². The standard InChI is InChI=1S/C11H14F2O2/c1-7(15-2)11(14)5-8-3-9(12)6-10(13)4-8/h3-4,6-7,11,14H,5H2,1-2H3. The first-order valence-corrected chi connectivity index (χ1v) is 4.68. The Bertz CT molecular complexity index is 308. The van der Waals surface area contributed by atoms with E-state index in [-0.39, 0.29) is 12.5 Å². The van der Waals surface area contributed by atoms with Gasteiger partial charge in [-0.2, -0.15) is 0 Å². The zero-order chi connectivity index (χ0) is 11.4. The van der Waals surface area contributed by atoms with Crippen LogP contribution in [-0.4, -0.2) is 24.4 Å². The van der Waals surface area contributed by atoms with Gasteiger partial charge < -0.3 is 9.84 Å². The summed E-state index contributed by atoms with van der Waals surface area (Å²) in [5.41, 5.74) is 0.420. The molecule has 2 unspecified atom stereocenters. The van der Waals surface area contributed by atoms with E-state index in [1.165, 1.54) is 19.2 Å². The van der Waals surface area contributed by atoms with Gasteiger partial charge in [-0.3, -0.25) is 0 Å². The number of aliphatic hydroxyl groups is 1. The van der Waals surface area contributed by atoms with E-state index in [1.807, 2.05) is 0 Å². The minimum Gasteiger partial charge on any atom is -0.390 e. The maximum atomic E-state index is 12.8. The summed E-state index contributed by atoms with van der Waals surface area (Å²) < 4.78 is 30.5. The first-order valence-electron chi connectivity index (χ1n) is 4.68. The summed E-state index contributed by atoms with van der Waals surface area (Å²) in [6.45, 7) is 1.69. The largest absolute Gasteiger partial charge is 0.390 e. The van der Waals surface area contributed by atoms with Crippen LogP contribution in [0.4, 0.5) is 8.78 Å². The van der Waals surface area contributed by atoms with E-state index in [4.69, 9.17) is 4.74 Å². The maximum absolute atomic E-state index is 12.8. The SMILES string of the molecule is COC(C)C(O)Cc1cc(F)cc(F)c1. The molecule has 0 aliphatic rings. The van der Waals surface area contributed by atoms with E-state index in [9.17, 15) is 13.9 Å². The maximum Gasteiger partial charge on any atom is 0.126 e. The molecular weight excluding hydrogens is 202 g/mol. The lowest BCUT2D eigenvalue weighted by Gasteiger charge is -2.17. The highest BCUT2D eigenvalue weighted by Crippen LogP contribution is 2.12. The van der Waals surface area contributed by atoms with Crippen LogP contribution in [0.15, 0.2) is 18.2 Å². The number of aliphatic hydroxyl groups excluding tert-OH is 1. The van der Waals surface area contributed by atoms with Crippen molar-refractivity contribution in [2.45, 2.75) is 25.6 Å². The van der Waals surface area contributed by atoms with Gasteiger partial charge in [0.05, 0.1) is 12.2 Å². The highest BCUT2D eigenvalue weighted by atomic mass is 19.1. The molecule has 2 nitrogen and oxygen atoms in total. The van der Waals surface area contributed by atoms with Crippen LogP contribution in [-0.2, 0) is 11.2 Å². The summed E-state index contributed by atoms with van der Waals surface area (Å²) in [4.78, 5) is 0. The Morgan fingerprint density at radius 3 is 2.27 bits per heavy atom. The molecule has 0 aromatic heterocycles. The summed E-state index contributed by atoms with van der Waals surface area (Å²) in [5.74, 6) is -1.27. The molecule has 2 atom stereocenters.